The third-order valence-corrected chi connectivity index (χ3v) is 2.79. The van der Waals surface area contributed by atoms with Crippen molar-refractivity contribution in [3.63, 3.8) is 0 Å². The number of rotatable bonds is 6. The molecule has 0 spiro atoms. The third kappa shape index (κ3) is 3.84. The molecule has 0 aromatic rings. The van der Waals surface area contributed by atoms with Crippen LogP contribution in [0.1, 0.15) is 6.42 Å². The fourth-order valence-corrected chi connectivity index (χ4v) is 1.62. The Morgan fingerprint density at radius 1 is 1.06 bits per heavy atom. The van der Waals surface area contributed by atoms with E-state index >= 15 is 0 Å². The summed E-state index contributed by atoms with van der Waals surface area (Å²) in [6.45, 7) is -0.938. The number of hydrogen-bond donors (Lipinski definition) is 6. The van der Waals surface area contributed by atoms with E-state index < -0.39 is 50.0 Å². The molecule has 1 aliphatic heterocycles. The van der Waals surface area contributed by atoms with Crippen LogP contribution in [0, 0.1) is 0 Å². The van der Waals surface area contributed by atoms with E-state index in [0.717, 1.165) is 0 Å². The van der Waals surface area contributed by atoms with Gasteiger partial charge in [0, 0.05) is 0 Å². The first-order valence-corrected chi connectivity index (χ1v) is 5.72. The van der Waals surface area contributed by atoms with Gasteiger partial charge in [0.15, 0.2) is 6.29 Å². The van der Waals surface area contributed by atoms with E-state index in [1.165, 1.54) is 0 Å². The summed E-state index contributed by atoms with van der Waals surface area (Å²) in [7, 11) is 0. The summed E-state index contributed by atoms with van der Waals surface area (Å²) in [5, 5.41) is 55.2. The molecule has 18 heavy (non-hydrogen) atoms. The van der Waals surface area contributed by atoms with Crippen molar-refractivity contribution in [2.45, 2.75) is 43.2 Å². The van der Waals surface area contributed by atoms with Gasteiger partial charge in [-0.25, -0.2) is 0 Å². The average molecular weight is 268 g/mol. The molecule has 0 aromatic heterocycles. The maximum atomic E-state index is 9.59. The smallest absolute Gasteiger partial charge is 0.186 e. The quantitative estimate of drug-likeness (QED) is 0.292. The Morgan fingerprint density at radius 3 is 2.28 bits per heavy atom. The summed E-state index contributed by atoms with van der Waals surface area (Å²) in [4.78, 5) is 0. The van der Waals surface area contributed by atoms with E-state index in [9.17, 15) is 15.3 Å². The number of hydrogen-bond acceptors (Lipinski definition) is 8. The standard InChI is InChI=1S/C10H20O8/c11-3-5(13)1-2-17-10-9(16)8(15)7(14)6(4-12)18-10/h5-16H,1-4H2/t5-,6+,7+,8-,9+,10-/m0/s1. The molecule has 108 valence electrons. The average Bonchev–Trinajstić information content (AvgIpc) is 2.38. The molecule has 1 aliphatic rings. The van der Waals surface area contributed by atoms with Crippen LogP contribution in [-0.4, -0.2) is 87.3 Å². The van der Waals surface area contributed by atoms with Gasteiger partial charge in [0.25, 0.3) is 0 Å². The Balaban J connectivity index is 2.44. The summed E-state index contributed by atoms with van der Waals surface area (Å²) in [6.07, 6.45) is -7.38. The molecule has 0 saturated carbocycles. The van der Waals surface area contributed by atoms with Crippen LogP contribution in [0.5, 0.6) is 0 Å². The number of aliphatic hydroxyl groups excluding tert-OH is 6. The van der Waals surface area contributed by atoms with E-state index in [2.05, 4.69) is 0 Å². The lowest BCUT2D eigenvalue weighted by Crippen LogP contribution is -2.59. The highest BCUT2D eigenvalue weighted by Crippen LogP contribution is 2.22. The van der Waals surface area contributed by atoms with E-state index in [1.54, 1.807) is 0 Å². The van der Waals surface area contributed by atoms with Gasteiger partial charge in [-0.2, -0.15) is 0 Å². The molecule has 0 radical (unpaired) electrons. The molecule has 1 saturated heterocycles. The van der Waals surface area contributed by atoms with Crippen LogP contribution in [-0.2, 0) is 9.47 Å². The normalized spacial score (nSPS) is 38.7. The number of ether oxygens (including phenoxy) is 2. The van der Waals surface area contributed by atoms with Crippen molar-refractivity contribution >= 4 is 0 Å². The van der Waals surface area contributed by atoms with Gasteiger partial charge in [0.1, 0.15) is 24.4 Å². The van der Waals surface area contributed by atoms with Crippen molar-refractivity contribution in [3.8, 4) is 0 Å². The van der Waals surface area contributed by atoms with Gasteiger partial charge in [-0.3, -0.25) is 0 Å². The molecule has 0 aliphatic carbocycles. The van der Waals surface area contributed by atoms with Crippen LogP contribution in [0.4, 0.5) is 0 Å². The molecular weight excluding hydrogens is 248 g/mol. The van der Waals surface area contributed by atoms with Gasteiger partial charge in [0.2, 0.25) is 0 Å². The second kappa shape index (κ2) is 7.31. The lowest BCUT2D eigenvalue weighted by molar-refractivity contribution is -0.301. The first-order valence-electron chi connectivity index (χ1n) is 5.72. The summed E-state index contributed by atoms with van der Waals surface area (Å²) in [5.41, 5.74) is 0. The predicted octanol–water partition coefficient (Wildman–Crippen LogP) is -3.45. The van der Waals surface area contributed by atoms with Crippen molar-refractivity contribution in [2.75, 3.05) is 19.8 Å². The maximum absolute atomic E-state index is 9.59. The molecule has 8 heteroatoms. The molecule has 1 heterocycles. The van der Waals surface area contributed by atoms with Crippen LogP contribution in [0.15, 0.2) is 0 Å². The molecule has 0 bridgehead atoms. The van der Waals surface area contributed by atoms with Crippen LogP contribution in [0.25, 0.3) is 0 Å². The lowest BCUT2D eigenvalue weighted by atomic mass is 9.99. The minimum Gasteiger partial charge on any atom is -0.394 e. The van der Waals surface area contributed by atoms with Crippen molar-refractivity contribution in [1.29, 1.82) is 0 Å². The molecule has 1 fully saturated rings. The molecule has 1 rings (SSSR count). The van der Waals surface area contributed by atoms with E-state index in [4.69, 9.17) is 24.8 Å². The first-order chi connectivity index (χ1) is 8.51. The zero-order valence-electron chi connectivity index (χ0n) is 9.79. The summed E-state index contributed by atoms with van der Waals surface area (Å²) in [6, 6.07) is 0. The van der Waals surface area contributed by atoms with Gasteiger partial charge in [-0.15, -0.1) is 0 Å². The fraction of sp³-hybridized carbons (Fsp3) is 1.00. The molecule has 0 amide bonds. The largest absolute Gasteiger partial charge is 0.394 e. The van der Waals surface area contributed by atoms with Crippen LogP contribution < -0.4 is 0 Å². The first kappa shape index (κ1) is 15.7. The van der Waals surface area contributed by atoms with Gasteiger partial charge < -0.3 is 40.1 Å². The second-order valence-electron chi connectivity index (χ2n) is 4.19. The zero-order valence-corrected chi connectivity index (χ0v) is 9.79. The molecule has 6 atom stereocenters. The van der Waals surface area contributed by atoms with Crippen LogP contribution >= 0.6 is 0 Å². The van der Waals surface area contributed by atoms with Gasteiger partial charge in [0.05, 0.1) is 25.9 Å². The van der Waals surface area contributed by atoms with Crippen molar-refractivity contribution in [3.05, 3.63) is 0 Å². The van der Waals surface area contributed by atoms with Gasteiger partial charge >= 0.3 is 0 Å². The minimum absolute atomic E-state index is 0.00951. The molecular formula is C10H20O8. The molecule has 0 unspecified atom stereocenters. The Labute approximate surface area is 104 Å². The lowest BCUT2D eigenvalue weighted by Gasteiger charge is -2.39. The Hall–Kier alpha value is -0.320. The van der Waals surface area contributed by atoms with Gasteiger partial charge in [-0.1, -0.05) is 0 Å². The molecule has 6 N–H and O–H groups in total. The van der Waals surface area contributed by atoms with E-state index in [-0.39, 0.29) is 13.0 Å². The topological polar surface area (TPSA) is 140 Å². The minimum atomic E-state index is -1.48. The van der Waals surface area contributed by atoms with Crippen LogP contribution in [0.3, 0.4) is 0 Å². The Kier molecular flexibility index (Phi) is 6.39. The van der Waals surface area contributed by atoms with E-state index in [1.807, 2.05) is 0 Å². The number of aliphatic hydroxyl groups is 6. The highest BCUT2D eigenvalue weighted by molar-refractivity contribution is 4.88. The van der Waals surface area contributed by atoms with E-state index in [0.29, 0.717) is 0 Å². The highest BCUT2D eigenvalue weighted by atomic mass is 16.7. The Morgan fingerprint density at radius 2 is 1.72 bits per heavy atom. The SMILES string of the molecule is OC[C@@H](O)CCO[C@H]1O[C@H](CO)[C@@H](O)[C@H](O)[C@H]1O. The summed E-state index contributed by atoms with van der Waals surface area (Å²) in [5.74, 6) is 0. The monoisotopic (exact) mass is 268 g/mol. The van der Waals surface area contributed by atoms with Crippen molar-refractivity contribution in [1.82, 2.24) is 0 Å². The summed E-state index contributed by atoms with van der Waals surface area (Å²) < 4.78 is 10.2. The molecule has 0 aromatic carbocycles. The second-order valence-corrected chi connectivity index (χ2v) is 4.19. The maximum Gasteiger partial charge on any atom is 0.186 e. The zero-order chi connectivity index (χ0) is 13.7. The Bertz CT molecular complexity index is 236. The molecule has 8 nitrogen and oxygen atoms in total. The fourth-order valence-electron chi connectivity index (χ4n) is 1.62. The van der Waals surface area contributed by atoms with Crippen LogP contribution in [0.2, 0.25) is 0 Å². The van der Waals surface area contributed by atoms with Crippen molar-refractivity contribution < 1.29 is 40.1 Å². The third-order valence-electron chi connectivity index (χ3n) is 2.79. The van der Waals surface area contributed by atoms with Crippen molar-refractivity contribution in [2.24, 2.45) is 0 Å². The predicted molar refractivity (Wildman–Crippen MR) is 57.4 cm³/mol. The highest BCUT2D eigenvalue weighted by Gasteiger charge is 2.43. The van der Waals surface area contributed by atoms with Gasteiger partial charge in [-0.05, 0) is 6.42 Å². The summed E-state index contributed by atoms with van der Waals surface area (Å²) >= 11 is 0.